The Morgan fingerprint density at radius 1 is 1.29 bits per heavy atom. The van der Waals surface area contributed by atoms with Crippen molar-refractivity contribution in [1.82, 2.24) is 20.1 Å². The minimum atomic E-state index is -0.628. The monoisotopic (exact) mass is 497 g/mol. The number of benzene rings is 1. The molecule has 1 amide bonds. The maximum absolute atomic E-state index is 13.4. The predicted octanol–water partition coefficient (Wildman–Crippen LogP) is 3.72. The summed E-state index contributed by atoms with van der Waals surface area (Å²) >= 11 is 1.52. The van der Waals surface area contributed by atoms with Crippen LogP contribution in [0.2, 0.25) is 0 Å². The summed E-state index contributed by atoms with van der Waals surface area (Å²) in [6.07, 6.45) is 4.38. The summed E-state index contributed by atoms with van der Waals surface area (Å²) in [4.78, 5) is 31.6. The lowest BCUT2D eigenvalue weighted by atomic mass is 10.1. The molecule has 0 aliphatic carbocycles. The third-order valence-electron chi connectivity index (χ3n) is 5.96. The average Bonchev–Trinajstić information content (AvgIpc) is 3.44. The molecule has 3 heterocycles. The van der Waals surface area contributed by atoms with Crippen LogP contribution in [0.5, 0.6) is 5.88 Å². The van der Waals surface area contributed by atoms with Crippen LogP contribution < -0.4 is 10.1 Å². The predicted molar refractivity (Wildman–Crippen MR) is 138 cm³/mol. The van der Waals surface area contributed by atoms with Gasteiger partial charge in [-0.15, -0.1) is 11.8 Å². The van der Waals surface area contributed by atoms with Gasteiger partial charge in [0.1, 0.15) is 10.4 Å². The van der Waals surface area contributed by atoms with Crippen molar-refractivity contribution in [3.05, 3.63) is 36.5 Å². The number of carbonyl (C=O) groups excluding carboxylic acids is 2. The Morgan fingerprint density at radius 3 is 2.80 bits per heavy atom. The number of hydrogen-bond donors (Lipinski definition) is 2. The molecule has 1 saturated heterocycles. The lowest BCUT2D eigenvalue weighted by Gasteiger charge is -2.26. The molecular formula is C25H31N5O4S. The zero-order chi connectivity index (χ0) is 25.0. The van der Waals surface area contributed by atoms with Crippen molar-refractivity contribution in [1.29, 1.82) is 0 Å². The van der Waals surface area contributed by atoms with Gasteiger partial charge in [-0.2, -0.15) is 5.10 Å². The Balaban J connectivity index is 1.50. The van der Waals surface area contributed by atoms with E-state index in [4.69, 9.17) is 9.47 Å². The van der Waals surface area contributed by atoms with E-state index in [9.17, 15) is 9.59 Å². The molecule has 4 rings (SSSR count). The standard InChI is InChI=1S/C25H31N5O4S/c1-5-33-22(31)14-30-11-10-25(15-30,35-4)24(32)27-18-7-8-20-19(12-18)23(29-28-20)17-6-9-21(26-13-17)34-16(2)3/h6-9,12-13,16H,5,10-11,14-15H2,1-4H3,(H,27,32)(H,28,29)/t25-/m0/s1. The smallest absolute Gasteiger partial charge is 0.320 e. The number of likely N-dealkylation sites (tertiary alicyclic amines) is 1. The number of esters is 1. The number of nitrogens with one attached hydrogen (secondary N) is 2. The number of H-pyrrole nitrogens is 1. The fourth-order valence-corrected chi connectivity index (χ4v) is 5.06. The Labute approximate surface area is 209 Å². The molecule has 10 heteroatoms. The van der Waals surface area contributed by atoms with Crippen molar-refractivity contribution in [2.45, 2.75) is 38.0 Å². The highest BCUT2D eigenvalue weighted by molar-refractivity contribution is 8.00. The number of pyridine rings is 1. The molecule has 1 atom stereocenters. The second kappa shape index (κ2) is 10.7. The van der Waals surface area contributed by atoms with E-state index in [1.807, 2.05) is 55.3 Å². The molecule has 2 N–H and O–H groups in total. The van der Waals surface area contributed by atoms with Crippen molar-refractivity contribution in [3.63, 3.8) is 0 Å². The summed E-state index contributed by atoms with van der Waals surface area (Å²) < 4.78 is 10.1. The molecular weight excluding hydrogens is 466 g/mol. The van der Waals surface area contributed by atoms with Gasteiger partial charge >= 0.3 is 5.97 Å². The SMILES string of the molecule is CCOC(=O)CN1CC[C@@](SC)(C(=O)Nc2ccc3[nH]nc(-c4ccc(OC(C)C)nc4)c3c2)C1. The normalized spacial score (nSPS) is 18.2. The number of rotatable bonds is 9. The van der Waals surface area contributed by atoms with Crippen LogP contribution in [0.15, 0.2) is 36.5 Å². The van der Waals surface area contributed by atoms with E-state index in [2.05, 4.69) is 20.5 Å². The highest BCUT2D eigenvalue weighted by atomic mass is 32.2. The van der Waals surface area contributed by atoms with Crippen LogP contribution in [-0.4, -0.2) is 75.3 Å². The van der Waals surface area contributed by atoms with Crippen molar-refractivity contribution in [3.8, 4) is 17.1 Å². The highest BCUT2D eigenvalue weighted by Gasteiger charge is 2.44. The maximum Gasteiger partial charge on any atom is 0.320 e. The van der Waals surface area contributed by atoms with E-state index in [-0.39, 0.29) is 24.5 Å². The quantitative estimate of drug-likeness (QED) is 0.431. The maximum atomic E-state index is 13.4. The first-order valence-corrected chi connectivity index (χ1v) is 12.9. The zero-order valence-electron chi connectivity index (χ0n) is 20.5. The van der Waals surface area contributed by atoms with Crippen LogP contribution >= 0.6 is 11.8 Å². The van der Waals surface area contributed by atoms with E-state index < -0.39 is 4.75 Å². The number of aromatic amines is 1. The second-order valence-electron chi connectivity index (χ2n) is 8.80. The minimum absolute atomic E-state index is 0.0485. The van der Waals surface area contributed by atoms with E-state index in [1.165, 1.54) is 11.8 Å². The molecule has 0 bridgehead atoms. The summed E-state index contributed by atoms with van der Waals surface area (Å²) in [5, 5.41) is 11.5. The lowest BCUT2D eigenvalue weighted by molar-refractivity contribution is -0.144. The Kier molecular flexibility index (Phi) is 7.61. The van der Waals surface area contributed by atoms with E-state index in [1.54, 1.807) is 13.1 Å². The van der Waals surface area contributed by atoms with Crippen LogP contribution in [0, 0.1) is 0 Å². The van der Waals surface area contributed by atoms with Crippen LogP contribution in [0.3, 0.4) is 0 Å². The Morgan fingerprint density at radius 2 is 2.11 bits per heavy atom. The molecule has 1 aliphatic rings. The fourth-order valence-electron chi connectivity index (χ4n) is 4.22. The van der Waals surface area contributed by atoms with Gasteiger partial charge in [-0.3, -0.25) is 19.6 Å². The fraction of sp³-hybridized carbons (Fsp3) is 0.440. The molecule has 0 unspecified atom stereocenters. The number of aromatic nitrogens is 3. The van der Waals surface area contributed by atoms with Gasteiger partial charge < -0.3 is 14.8 Å². The summed E-state index contributed by atoms with van der Waals surface area (Å²) in [5.74, 6) is 0.228. The number of fused-ring (bicyclic) bond motifs is 1. The van der Waals surface area contributed by atoms with Crippen LogP contribution in [0.4, 0.5) is 5.69 Å². The first-order valence-electron chi connectivity index (χ1n) is 11.7. The number of amides is 1. The molecule has 0 spiro atoms. The molecule has 1 fully saturated rings. The van der Waals surface area contributed by atoms with Gasteiger partial charge in [0.05, 0.1) is 24.8 Å². The molecule has 2 aromatic heterocycles. The lowest BCUT2D eigenvalue weighted by Crippen LogP contribution is -2.43. The van der Waals surface area contributed by atoms with Gasteiger partial charge in [-0.25, -0.2) is 4.98 Å². The topological polar surface area (TPSA) is 109 Å². The van der Waals surface area contributed by atoms with E-state index in [0.717, 1.165) is 22.2 Å². The molecule has 9 nitrogen and oxygen atoms in total. The molecule has 35 heavy (non-hydrogen) atoms. The average molecular weight is 498 g/mol. The van der Waals surface area contributed by atoms with Crippen molar-refractivity contribution in [2.75, 3.05) is 37.8 Å². The van der Waals surface area contributed by atoms with Crippen molar-refractivity contribution in [2.24, 2.45) is 0 Å². The molecule has 186 valence electrons. The molecule has 3 aromatic rings. The van der Waals surface area contributed by atoms with Gasteiger partial charge in [0.15, 0.2) is 0 Å². The first kappa shape index (κ1) is 25.0. The number of carbonyl (C=O) groups is 2. The number of anilines is 1. The molecule has 0 radical (unpaired) electrons. The Bertz CT molecular complexity index is 1200. The van der Waals surface area contributed by atoms with Gasteiger partial charge in [-0.1, -0.05) is 0 Å². The number of nitrogens with zero attached hydrogens (tertiary/aromatic N) is 3. The summed E-state index contributed by atoms with van der Waals surface area (Å²) in [6, 6.07) is 9.43. The van der Waals surface area contributed by atoms with E-state index >= 15 is 0 Å². The van der Waals surface area contributed by atoms with Crippen LogP contribution in [0.25, 0.3) is 22.2 Å². The third-order valence-corrected chi connectivity index (χ3v) is 7.26. The molecule has 0 saturated carbocycles. The van der Waals surface area contributed by atoms with Gasteiger partial charge in [0, 0.05) is 42.0 Å². The minimum Gasteiger partial charge on any atom is -0.475 e. The largest absolute Gasteiger partial charge is 0.475 e. The van der Waals surface area contributed by atoms with E-state index in [0.29, 0.717) is 37.7 Å². The first-order chi connectivity index (χ1) is 16.8. The summed E-state index contributed by atoms with van der Waals surface area (Å²) in [7, 11) is 0. The third kappa shape index (κ3) is 5.59. The Hall–Kier alpha value is -3.11. The van der Waals surface area contributed by atoms with Crippen molar-refractivity contribution >= 4 is 40.2 Å². The van der Waals surface area contributed by atoms with Crippen LogP contribution in [-0.2, 0) is 14.3 Å². The second-order valence-corrected chi connectivity index (χ2v) is 9.99. The summed E-state index contributed by atoms with van der Waals surface area (Å²) in [6.45, 7) is 7.41. The van der Waals surface area contributed by atoms with Gasteiger partial charge in [0.25, 0.3) is 0 Å². The van der Waals surface area contributed by atoms with Crippen LogP contribution in [0.1, 0.15) is 27.2 Å². The molecule has 1 aliphatic heterocycles. The zero-order valence-corrected chi connectivity index (χ0v) is 21.3. The summed E-state index contributed by atoms with van der Waals surface area (Å²) in [5.41, 5.74) is 3.15. The molecule has 1 aromatic carbocycles. The van der Waals surface area contributed by atoms with Gasteiger partial charge in [-0.05, 0) is 57.7 Å². The highest BCUT2D eigenvalue weighted by Crippen LogP contribution is 2.36. The number of hydrogen-bond acceptors (Lipinski definition) is 8. The van der Waals surface area contributed by atoms with Gasteiger partial charge in [0.2, 0.25) is 11.8 Å². The van der Waals surface area contributed by atoms with Crippen molar-refractivity contribution < 1.29 is 19.1 Å². The number of thioether (sulfide) groups is 1. The number of ether oxygens (including phenoxy) is 2.